The topological polar surface area (TPSA) is 69.6 Å². The van der Waals surface area contributed by atoms with Crippen molar-refractivity contribution < 1.29 is 14.7 Å². The van der Waals surface area contributed by atoms with E-state index in [-0.39, 0.29) is 5.41 Å². The summed E-state index contributed by atoms with van der Waals surface area (Å²) < 4.78 is 0. The number of benzene rings is 1. The summed E-state index contributed by atoms with van der Waals surface area (Å²) in [6, 6.07) is 7.09. The maximum Gasteiger partial charge on any atom is 0.329 e. The van der Waals surface area contributed by atoms with Gasteiger partial charge in [0.05, 0.1) is 0 Å². The van der Waals surface area contributed by atoms with Gasteiger partial charge in [-0.3, -0.25) is 0 Å². The van der Waals surface area contributed by atoms with Gasteiger partial charge < -0.3 is 15.3 Å². The summed E-state index contributed by atoms with van der Waals surface area (Å²) in [5.41, 5.74) is 0.300. The predicted octanol–water partition coefficient (Wildman–Crippen LogP) is 3.31. The van der Waals surface area contributed by atoms with Crippen molar-refractivity contribution in [3.05, 3.63) is 29.8 Å². The molecule has 0 saturated carbocycles. The van der Waals surface area contributed by atoms with E-state index in [9.17, 15) is 14.7 Å². The van der Waals surface area contributed by atoms with Crippen LogP contribution in [0.1, 0.15) is 40.2 Å². The number of para-hydroxylation sites is 1. The van der Waals surface area contributed by atoms with Gasteiger partial charge in [-0.05, 0) is 30.9 Å². The number of nitrogens with zero attached hydrogens (tertiary/aromatic N) is 1. The number of anilines is 1. The second-order valence-electron chi connectivity index (χ2n) is 6.65. The van der Waals surface area contributed by atoms with Gasteiger partial charge in [0.1, 0.15) is 5.54 Å². The van der Waals surface area contributed by atoms with Gasteiger partial charge in [0.25, 0.3) is 0 Å². The lowest BCUT2D eigenvalue weighted by atomic mass is 9.86. The molecule has 0 bridgehead atoms. The minimum atomic E-state index is -1.28. The molecule has 0 aliphatic heterocycles. The number of rotatable bonds is 3. The molecule has 5 nitrogen and oxygen atoms in total. The van der Waals surface area contributed by atoms with Crippen LogP contribution in [0.5, 0.6) is 0 Å². The number of aliphatic carboxylic acids is 1. The standard InChI is InChI=1S/C16H24N2O3/c1-15(2,3)11-9-7-8-10-12(11)17-14(21)18(6)16(4,5)13(19)20/h7-10H,1-6H3,(H,17,21)(H,19,20). The van der Waals surface area contributed by atoms with Crippen LogP contribution in [-0.2, 0) is 10.2 Å². The van der Waals surface area contributed by atoms with E-state index in [4.69, 9.17) is 0 Å². The summed E-state index contributed by atoms with van der Waals surface area (Å²) in [4.78, 5) is 24.7. The molecule has 0 aliphatic carbocycles. The summed E-state index contributed by atoms with van der Waals surface area (Å²) in [5, 5.41) is 12.0. The molecule has 2 N–H and O–H groups in total. The Bertz CT molecular complexity index is 545. The molecule has 0 aliphatic rings. The van der Waals surface area contributed by atoms with E-state index in [1.165, 1.54) is 25.8 Å². The first kappa shape index (κ1) is 17.0. The number of hydrogen-bond donors (Lipinski definition) is 2. The second-order valence-corrected chi connectivity index (χ2v) is 6.65. The highest BCUT2D eigenvalue weighted by Gasteiger charge is 2.35. The molecular formula is C16H24N2O3. The average Bonchev–Trinajstić information content (AvgIpc) is 2.36. The normalized spacial score (nSPS) is 11.9. The summed E-state index contributed by atoms with van der Waals surface area (Å²) in [7, 11) is 1.48. The number of hydrogen-bond acceptors (Lipinski definition) is 2. The SMILES string of the molecule is CN(C(=O)Nc1ccccc1C(C)(C)C)C(C)(C)C(=O)O. The molecule has 0 fully saturated rings. The van der Waals surface area contributed by atoms with Gasteiger partial charge in [0.2, 0.25) is 0 Å². The summed E-state index contributed by atoms with van der Waals surface area (Å²) >= 11 is 0. The third-order valence-electron chi connectivity index (χ3n) is 3.64. The maximum absolute atomic E-state index is 12.3. The Morgan fingerprint density at radius 2 is 1.62 bits per heavy atom. The number of amides is 2. The van der Waals surface area contributed by atoms with E-state index >= 15 is 0 Å². The predicted molar refractivity (Wildman–Crippen MR) is 83.6 cm³/mol. The number of urea groups is 1. The first-order valence-corrected chi connectivity index (χ1v) is 6.85. The van der Waals surface area contributed by atoms with Crippen molar-refractivity contribution in [2.45, 2.75) is 45.6 Å². The quantitative estimate of drug-likeness (QED) is 0.898. The number of likely N-dealkylation sites (N-methyl/N-ethyl adjacent to an activating group) is 1. The first-order valence-electron chi connectivity index (χ1n) is 6.85. The van der Waals surface area contributed by atoms with Crippen LogP contribution >= 0.6 is 0 Å². The van der Waals surface area contributed by atoms with Crippen LogP contribution < -0.4 is 5.32 Å². The Morgan fingerprint density at radius 3 is 2.10 bits per heavy atom. The van der Waals surface area contributed by atoms with Gasteiger partial charge >= 0.3 is 12.0 Å². The fourth-order valence-electron chi connectivity index (χ4n) is 1.84. The van der Waals surface area contributed by atoms with Crippen LogP contribution in [0.4, 0.5) is 10.5 Å². The van der Waals surface area contributed by atoms with Crippen molar-refractivity contribution in [1.82, 2.24) is 4.90 Å². The molecule has 21 heavy (non-hydrogen) atoms. The largest absolute Gasteiger partial charge is 0.480 e. The summed E-state index contributed by atoms with van der Waals surface area (Å²) in [6.45, 7) is 9.16. The number of carboxylic acid groups (broad SMARTS) is 1. The molecule has 0 spiro atoms. The van der Waals surface area contributed by atoms with Gasteiger partial charge in [-0.2, -0.15) is 0 Å². The molecule has 0 unspecified atom stereocenters. The molecule has 1 aromatic carbocycles. The number of nitrogens with one attached hydrogen (secondary N) is 1. The monoisotopic (exact) mass is 292 g/mol. The average molecular weight is 292 g/mol. The highest BCUT2D eigenvalue weighted by atomic mass is 16.4. The molecule has 0 radical (unpaired) electrons. The second kappa shape index (κ2) is 5.76. The Morgan fingerprint density at radius 1 is 1.10 bits per heavy atom. The Kier molecular flexibility index (Phi) is 4.66. The zero-order valence-corrected chi connectivity index (χ0v) is 13.5. The van der Waals surface area contributed by atoms with Crippen molar-refractivity contribution in [1.29, 1.82) is 0 Å². The van der Waals surface area contributed by atoms with E-state index in [0.29, 0.717) is 5.69 Å². The van der Waals surface area contributed by atoms with Crippen LogP contribution in [0.2, 0.25) is 0 Å². The van der Waals surface area contributed by atoms with Gasteiger partial charge in [0.15, 0.2) is 0 Å². The third kappa shape index (κ3) is 3.74. The van der Waals surface area contributed by atoms with Gasteiger partial charge in [-0.15, -0.1) is 0 Å². The summed E-state index contributed by atoms with van der Waals surface area (Å²) in [5.74, 6) is -1.05. The van der Waals surface area contributed by atoms with Crippen molar-refractivity contribution in [3.8, 4) is 0 Å². The fraction of sp³-hybridized carbons (Fsp3) is 0.500. The van der Waals surface area contributed by atoms with Crippen molar-refractivity contribution >= 4 is 17.7 Å². The van der Waals surface area contributed by atoms with Gasteiger partial charge in [-0.25, -0.2) is 9.59 Å². The van der Waals surface area contributed by atoms with Gasteiger partial charge in [-0.1, -0.05) is 39.0 Å². The van der Waals surface area contributed by atoms with Crippen LogP contribution in [0, 0.1) is 0 Å². The van der Waals surface area contributed by atoms with Crippen LogP contribution in [0.3, 0.4) is 0 Å². The molecular weight excluding hydrogens is 268 g/mol. The number of carbonyl (C=O) groups is 2. The van der Waals surface area contributed by atoms with E-state index in [0.717, 1.165) is 5.56 Å². The molecule has 0 aromatic heterocycles. The lowest BCUT2D eigenvalue weighted by Gasteiger charge is -2.32. The maximum atomic E-state index is 12.3. The zero-order chi connectivity index (χ0) is 16.4. The minimum absolute atomic E-state index is 0.120. The smallest absolute Gasteiger partial charge is 0.329 e. The lowest BCUT2D eigenvalue weighted by Crippen LogP contribution is -2.52. The fourth-order valence-corrected chi connectivity index (χ4v) is 1.84. The van der Waals surface area contributed by atoms with Crippen LogP contribution in [0.25, 0.3) is 0 Å². The number of carbonyl (C=O) groups excluding carboxylic acids is 1. The Balaban J connectivity index is 3.03. The van der Waals surface area contributed by atoms with Crippen molar-refractivity contribution in [2.75, 3.05) is 12.4 Å². The first-order chi connectivity index (χ1) is 9.48. The minimum Gasteiger partial charge on any atom is -0.480 e. The van der Waals surface area contributed by atoms with E-state index in [2.05, 4.69) is 26.1 Å². The van der Waals surface area contributed by atoms with Crippen molar-refractivity contribution in [3.63, 3.8) is 0 Å². The highest BCUT2D eigenvalue weighted by Crippen LogP contribution is 2.29. The molecule has 1 aromatic rings. The van der Waals surface area contributed by atoms with E-state index in [1.807, 2.05) is 24.3 Å². The van der Waals surface area contributed by atoms with Crippen LogP contribution in [-0.4, -0.2) is 34.6 Å². The Labute approximate surface area is 126 Å². The molecule has 0 atom stereocenters. The van der Waals surface area contributed by atoms with Crippen LogP contribution in [0.15, 0.2) is 24.3 Å². The summed E-state index contributed by atoms with van der Waals surface area (Å²) in [6.07, 6.45) is 0. The molecule has 2 amide bonds. The highest BCUT2D eigenvalue weighted by molar-refractivity contribution is 5.94. The van der Waals surface area contributed by atoms with E-state index < -0.39 is 17.5 Å². The zero-order valence-electron chi connectivity index (χ0n) is 13.5. The van der Waals surface area contributed by atoms with Crippen molar-refractivity contribution in [2.24, 2.45) is 0 Å². The Hall–Kier alpha value is -2.04. The molecule has 1 rings (SSSR count). The van der Waals surface area contributed by atoms with Gasteiger partial charge in [0, 0.05) is 12.7 Å². The molecule has 5 heteroatoms. The number of carboxylic acids is 1. The molecule has 0 heterocycles. The third-order valence-corrected chi connectivity index (χ3v) is 3.64. The molecule has 116 valence electrons. The molecule has 0 saturated heterocycles. The lowest BCUT2D eigenvalue weighted by molar-refractivity contribution is -0.146. The van der Waals surface area contributed by atoms with E-state index in [1.54, 1.807) is 0 Å².